The largest absolute Gasteiger partial charge is 0.469 e. The van der Waals surface area contributed by atoms with Crippen LogP contribution in [-0.4, -0.2) is 45.5 Å². The average molecular weight is 519 g/mol. The average Bonchev–Trinajstić information content (AvgIpc) is 2.75. The lowest BCUT2D eigenvalue weighted by atomic mass is 9.39. The van der Waals surface area contributed by atoms with Crippen LogP contribution < -0.4 is 10.9 Å². The number of ether oxygens (including phenoxy) is 1. The van der Waals surface area contributed by atoms with Crippen LogP contribution in [0, 0.1) is 5.41 Å². The van der Waals surface area contributed by atoms with E-state index >= 15 is 0 Å². The standard InChI is InChI=1S/C25H28Cl2N4O4/c1-13(2)28-23-29-19-9-30(20(32)15-5-6-17(26)18(27)8-15)14(3)7-16(19)21(33)31(23)25-10-24(11-25,12-25)22(34)35-4/h5-6,8,13-14H,7,9-12H2,1-4H3,(H,28,29)/t14-,24?,25?/m1/s1. The third kappa shape index (κ3) is 3.64. The maximum atomic E-state index is 13.8. The second-order valence-corrected chi connectivity index (χ2v) is 11.3. The van der Waals surface area contributed by atoms with Gasteiger partial charge in [0.25, 0.3) is 11.5 Å². The van der Waals surface area contributed by atoms with Gasteiger partial charge in [0.1, 0.15) is 0 Å². The SMILES string of the molecule is COC(=O)C12CC(n3c(NC(C)C)nc4c(c3=O)C[C@@H](C)N(C(=O)c3ccc(Cl)c(Cl)c3)C4)(C1)C2. The van der Waals surface area contributed by atoms with Crippen LogP contribution in [0.4, 0.5) is 5.95 Å². The Kier molecular flexibility index (Phi) is 5.68. The van der Waals surface area contributed by atoms with Crippen LogP contribution in [0.15, 0.2) is 23.0 Å². The summed E-state index contributed by atoms with van der Waals surface area (Å²) in [6.45, 7) is 6.11. The van der Waals surface area contributed by atoms with Gasteiger partial charge in [-0.05, 0) is 64.7 Å². The fraction of sp³-hybridized carbons (Fsp3) is 0.520. The second kappa shape index (κ2) is 8.23. The van der Waals surface area contributed by atoms with E-state index in [2.05, 4.69) is 5.32 Å². The van der Waals surface area contributed by atoms with Crippen molar-refractivity contribution in [2.24, 2.45) is 5.41 Å². The Morgan fingerprint density at radius 1 is 1.20 bits per heavy atom. The van der Waals surface area contributed by atoms with Crippen LogP contribution >= 0.6 is 23.2 Å². The summed E-state index contributed by atoms with van der Waals surface area (Å²) in [6, 6.07) is 4.66. The van der Waals surface area contributed by atoms with Crippen LogP contribution in [-0.2, 0) is 28.0 Å². The van der Waals surface area contributed by atoms with Gasteiger partial charge in [0, 0.05) is 23.2 Å². The van der Waals surface area contributed by atoms with Crippen LogP contribution in [0.1, 0.15) is 61.6 Å². The Labute approximate surface area is 213 Å². The van der Waals surface area contributed by atoms with Crippen LogP contribution in [0.25, 0.3) is 0 Å². The minimum Gasteiger partial charge on any atom is -0.469 e. The van der Waals surface area contributed by atoms with E-state index < -0.39 is 11.0 Å². The number of nitrogens with one attached hydrogen (secondary N) is 1. The number of anilines is 1. The van der Waals surface area contributed by atoms with Crippen molar-refractivity contribution in [1.29, 1.82) is 0 Å². The van der Waals surface area contributed by atoms with Gasteiger partial charge in [-0.2, -0.15) is 0 Å². The lowest BCUT2D eigenvalue weighted by Gasteiger charge is -2.68. The molecule has 0 unspecified atom stereocenters. The maximum absolute atomic E-state index is 13.8. The van der Waals surface area contributed by atoms with Gasteiger partial charge in [-0.25, -0.2) is 4.98 Å². The molecule has 10 heteroatoms. The Balaban J connectivity index is 1.50. The molecular formula is C25H28Cl2N4O4. The first-order valence-corrected chi connectivity index (χ1v) is 12.5. The zero-order valence-electron chi connectivity index (χ0n) is 20.2. The number of halogens is 2. The van der Waals surface area contributed by atoms with Gasteiger partial charge in [-0.1, -0.05) is 23.2 Å². The highest BCUT2D eigenvalue weighted by atomic mass is 35.5. The normalized spacial score (nSPS) is 26.5. The number of esters is 1. The maximum Gasteiger partial charge on any atom is 0.312 e. The molecule has 3 fully saturated rings. The van der Waals surface area contributed by atoms with E-state index in [1.165, 1.54) is 7.11 Å². The second-order valence-electron chi connectivity index (χ2n) is 10.4. The van der Waals surface area contributed by atoms with Crippen molar-refractivity contribution in [3.63, 3.8) is 0 Å². The van der Waals surface area contributed by atoms with Crippen molar-refractivity contribution >= 4 is 41.0 Å². The fourth-order valence-electron chi connectivity index (χ4n) is 5.93. The lowest BCUT2D eigenvalue weighted by Crippen LogP contribution is -2.73. The number of aromatic nitrogens is 2. The molecule has 0 saturated heterocycles. The summed E-state index contributed by atoms with van der Waals surface area (Å²) in [6.07, 6.45) is 2.14. The molecule has 1 aliphatic heterocycles. The molecule has 1 amide bonds. The minimum absolute atomic E-state index is 0.0459. The molecule has 1 atom stereocenters. The van der Waals surface area contributed by atoms with Gasteiger partial charge < -0.3 is 15.0 Å². The Hall–Kier alpha value is -2.58. The summed E-state index contributed by atoms with van der Waals surface area (Å²) in [5.74, 6) is 0.0886. The quantitative estimate of drug-likeness (QED) is 0.601. The van der Waals surface area contributed by atoms with E-state index in [0.717, 1.165) is 0 Å². The number of methoxy groups -OCH3 is 1. The van der Waals surface area contributed by atoms with Crippen molar-refractivity contribution in [2.75, 3.05) is 12.4 Å². The lowest BCUT2D eigenvalue weighted by molar-refractivity contribution is -0.217. The molecule has 0 radical (unpaired) electrons. The minimum atomic E-state index is -0.477. The molecule has 35 heavy (non-hydrogen) atoms. The number of benzene rings is 1. The van der Waals surface area contributed by atoms with Gasteiger partial charge in [0.2, 0.25) is 5.95 Å². The van der Waals surface area contributed by atoms with E-state index in [1.807, 2.05) is 20.8 Å². The van der Waals surface area contributed by atoms with E-state index in [9.17, 15) is 14.4 Å². The molecular weight excluding hydrogens is 491 g/mol. The van der Waals surface area contributed by atoms with Crippen molar-refractivity contribution in [1.82, 2.24) is 14.5 Å². The van der Waals surface area contributed by atoms with E-state index in [0.29, 0.717) is 58.5 Å². The Morgan fingerprint density at radius 2 is 1.89 bits per heavy atom. The molecule has 8 nitrogen and oxygen atoms in total. The van der Waals surface area contributed by atoms with Gasteiger partial charge in [0.15, 0.2) is 0 Å². The number of rotatable bonds is 5. The highest BCUT2D eigenvalue weighted by Gasteiger charge is 2.74. The highest BCUT2D eigenvalue weighted by molar-refractivity contribution is 6.42. The number of hydrogen-bond donors (Lipinski definition) is 1. The molecule has 3 aliphatic carbocycles. The summed E-state index contributed by atoms with van der Waals surface area (Å²) in [4.78, 5) is 45.9. The van der Waals surface area contributed by atoms with Crippen molar-refractivity contribution in [3.05, 3.63) is 55.4 Å². The first-order chi connectivity index (χ1) is 16.5. The molecule has 1 N–H and O–H groups in total. The molecule has 6 rings (SSSR count). The molecule has 2 aromatic rings. The predicted octanol–water partition coefficient (Wildman–Crippen LogP) is 4.01. The summed E-state index contributed by atoms with van der Waals surface area (Å²) >= 11 is 12.1. The third-order valence-corrected chi connectivity index (χ3v) is 8.29. The number of carbonyl (C=O) groups excluding carboxylic acids is 2. The van der Waals surface area contributed by atoms with Crippen LogP contribution in [0.5, 0.6) is 0 Å². The molecule has 186 valence electrons. The van der Waals surface area contributed by atoms with E-state index in [-0.39, 0.29) is 36.1 Å². The Bertz CT molecular complexity index is 1290. The summed E-state index contributed by atoms with van der Waals surface area (Å²) in [7, 11) is 1.40. The van der Waals surface area contributed by atoms with Crippen molar-refractivity contribution in [2.45, 2.75) is 70.6 Å². The van der Waals surface area contributed by atoms with E-state index in [1.54, 1.807) is 27.7 Å². The number of hydrogen-bond acceptors (Lipinski definition) is 6. The smallest absolute Gasteiger partial charge is 0.312 e. The molecule has 2 heterocycles. The number of carbonyl (C=O) groups is 2. The zero-order chi connectivity index (χ0) is 25.3. The van der Waals surface area contributed by atoms with Gasteiger partial charge in [0.05, 0.1) is 40.3 Å². The Morgan fingerprint density at radius 3 is 2.49 bits per heavy atom. The summed E-state index contributed by atoms with van der Waals surface area (Å²) < 4.78 is 6.74. The predicted molar refractivity (Wildman–Crippen MR) is 133 cm³/mol. The summed E-state index contributed by atoms with van der Waals surface area (Å²) in [5.41, 5.74) is 0.670. The van der Waals surface area contributed by atoms with Crippen LogP contribution in [0.2, 0.25) is 10.0 Å². The zero-order valence-corrected chi connectivity index (χ0v) is 21.7. The van der Waals surface area contributed by atoms with Gasteiger partial charge >= 0.3 is 5.97 Å². The highest BCUT2D eigenvalue weighted by Crippen LogP contribution is 2.72. The van der Waals surface area contributed by atoms with Crippen molar-refractivity contribution < 1.29 is 14.3 Å². The molecule has 1 aromatic carbocycles. The molecule has 3 saturated carbocycles. The monoisotopic (exact) mass is 518 g/mol. The van der Waals surface area contributed by atoms with Gasteiger partial charge in [-0.15, -0.1) is 0 Å². The van der Waals surface area contributed by atoms with Crippen molar-refractivity contribution in [3.8, 4) is 0 Å². The molecule has 1 aromatic heterocycles. The first-order valence-electron chi connectivity index (χ1n) is 11.8. The fourth-order valence-corrected chi connectivity index (χ4v) is 6.22. The third-order valence-electron chi connectivity index (χ3n) is 7.55. The number of nitrogens with zero attached hydrogens (tertiary/aromatic N) is 3. The number of amides is 1. The summed E-state index contributed by atoms with van der Waals surface area (Å²) in [5, 5.41) is 4.02. The molecule has 0 spiro atoms. The first kappa shape index (κ1) is 24.1. The van der Waals surface area contributed by atoms with Gasteiger partial charge in [-0.3, -0.25) is 19.0 Å². The molecule has 4 aliphatic rings. The number of fused-ring (bicyclic) bond motifs is 1. The van der Waals surface area contributed by atoms with Crippen LogP contribution in [0.3, 0.4) is 0 Å². The topological polar surface area (TPSA) is 93.5 Å². The van der Waals surface area contributed by atoms with E-state index in [4.69, 9.17) is 32.9 Å². The molecule has 2 bridgehead atoms.